The van der Waals surface area contributed by atoms with Gasteiger partial charge in [-0.15, -0.1) is 0 Å². The van der Waals surface area contributed by atoms with Crippen LogP contribution in [0.3, 0.4) is 0 Å². The Balaban J connectivity index is 1.77. The van der Waals surface area contributed by atoms with Gasteiger partial charge >= 0.3 is 0 Å². The van der Waals surface area contributed by atoms with E-state index in [9.17, 15) is 0 Å². The Labute approximate surface area is 82.8 Å². The van der Waals surface area contributed by atoms with Crippen molar-refractivity contribution in [2.24, 2.45) is 0 Å². The van der Waals surface area contributed by atoms with Gasteiger partial charge in [-0.25, -0.2) is 0 Å². The van der Waals surface area contributed by atoms with Gasteiger partial charge in [0.05, 0.1) is 6.10 Å². The maximum Gasteiger partial charge on any atom is 0.226 e. The maximum atomic E-state index is 5.51. The molecule has 0 atom stereocenters. The lowest BCUT2D eigenvalue weighted by Crippen LogP contribution is -2.48. The second-order valence-corrected chi connectivity index (χ2v) is 3.45. The van der Waals surface area contributed by atoms with Crippen LogP contribution < -0.4 is 5.32 Å². The number of nitrogens with zero attached hydrogens (tertiary/aromatic N) is 2. The fraction of sp³-hybridized carbons (Fsp3) is 0.778. The molecule has 1 N–H and O–H groups in total. The second-order valence-electron chi connectivity index (χ2n) is 3.45. The van der Waals surface area contributed by atoms with Crippen LogP contribution in [0.25, 0.3) is 0 Å². The van der Waals surface area contributed by atoms with E-state index >= 15 is 0 Å². The average Bonchev–Trinajstić information content (AvgIpc) is 2.51. The molecule has 1 aromatic rings. The minimum absolute atomic E-state index is 0.322. The van der Waals surface area contributed by atoms with Crippen LogP contribution in [0.1, 0.15) is 25.1 Å². The molecule has 0 bridgehead atoms. The fourth-order valence-corrected chi connectivity index (χ4v) is 1.24. The van der Waals surface area contributed by atoms with Crippen LogP contribution in [0.4, 0.5) is 0 Å². The van der Waals surface area contributed by atoms with E-state index in [1.807, 2.05) is 0 Å². The third-order valence-corrected chi connectivity index (χ3v) is 2.17. The Morgan fingerprint density at radius 3 is 3.07 bits per heavy atom. The summed E-state index contributed by atoms with van der Waals surface area (Å²) in [6, 6.07) is 0. The van der Waals surface area contributed by atoms with Gasteiger partial charge in [-0.05, 0) is 6.42 Å². The lowest BCUT2D eigenvalue weighted by Gasteiger charge is -2.26. The highest BCUT2D eigenvalue weighted by Gasteiger charge is 2.18. The van der Waals surface area contributed by atoms with E-state index in [0.717, 1.165) is 25.9 Å². The summed E-state index contributed by atoms with van der Waals surface area (Å²) in [4.78, 5) is 4.21. The van der Waals surface area contributed by atoms with Crippen LogP contribution in [0, 0.1) is 0 Å². The van der Waals surface area contributed by atoms with Crippen molar-refractivity contribution in [1.29, 1.82) is 0 Å². The van der Waals surface area contributed by atoms with Crippen LogP contribution in [0.2, 0.25) is 0 Å². The lowest BCUT2D eigenvalue weighted by atomic mass is 10.2. The van der Waals surface area contributed by atoms with Gasteiger partial charge in [0.15, 0.2) is 5.82 Å². The topological polar surface area (TPSA) is 60.2 Å². The van der Waals surface area contributed by atoms with Crippen molar-refractivity contribution in [2.75, 3.05) is 13.1 Å². The molecule has 0 radical (unpaired) electrons. The molecule has 2 rings (SSSR count). The van der Waals surface area contributed by atoms with Crippen LogP contribution in [-0.2, 0) is 17.8 Å². The molecule has 0 spiro atoms. The Bertz CT molecular complexity index is 283. The van der Waals surface area contributed by atoms with Gasteiger partial charge in [-0.3, -0.25) is 0 Å². The van der Waals surface area contributed by atoms with Crippen LogP contribution >= 0.6 is 0 Å². The van der Waals surface area contributed by atoms with E-state index in [-0.39, 0.29) is 0 Å². The molecule has 0 amide bonds. The van der Waals surface area contributed by atoms with Crippen molar-refractivity contribution in [1.82, 2.24) is 15.5 Å². The molecular formula is C9H15N3O2. The standard InChI is InChI=1S/C9H15N3O2/c1-2-3-9-11-8(12-14-9)6-13-7-4-10-5-7/h7,10H,2-6H2,1H3. The highest BCUT2D eigenvalue weighted by Crippen LogP contribution is 2.05. The van der Waals surface area contributed by atoms with Crippen molar-refractivity contribution in [2.45, 2.75) is 32.5 Å². The van der Waals surface area contributed by atoms with Crippen molar-refractivity contribution < 1.29 is 9.26 Å². The average molecular weight is 197 g/mol. The lowest BCUT2D eigenvalue weighted by molar-refractivity contribution is 0.00368. The van der Waals surface area contributed by atoms with Gasteiger partial charge in [0.2, 0.25) is 5.89 Å². The monoisotopic (exact) mass is 197 g/mol. The second kappa shape index (κ2) is 4.52. The van der Waals surface area contributed by atoms with Crippen molar-refractivity contribution in [3.05, 3.63) is 11.7 Å². The van der Waals surface area contributed by atoms with E-state index in [4.69, 9.17) is 9.26 Å². The van der Waals surface area contributed by atoms with Crippen molar-refractivity contribution in [3.8, 4) is 0 Å². The molecule has 1 aliphatic rings. The molecule has 78 valence electrons. The van der Waals surface area contributed by atoms with Crippen LogP contribution in [-0.4, -0.2) is 29.3 Å². The third kappa shape index (κ3) is 2.30. The van der Waals surface area contributed by atoms with Crippen molar-refractivity contribution in [3.63, 3.8) is 0 Å². The fourth-order valence-electron chi connectivity index (χ4n) is 1.24. The number of ether oxygens (including phenoxy) is 1. The highest BCUT2D eigenvalue weighted by atomic mass is 16.5. The van der Waals surface area contributed by atoms with E-state index in [0.29, 0.717) is 24.4 Å². The van der Waals surface area contributed by atoms with Crippen LogP contribution in [0.5, 0.6) is 0 Å². The highest BCUT2D eigenvalue weighted by molar-refractivity contribution is 4.85. The summed E-state index contributed by atoms with van der Waals surface area (Å²) in [6.45, 7) is 4.40. The normalized spacial score (nSPS) is 16.9. The van der Waals surface area contributed by atoms with Gasteiger partial charge < -0.3 is 14.6 Å². The Morgan fingerprint density at radius 2 is 2.43 bits per heavy atom. The largest absolute Gasteiger partial charge is 0.367 e. The number of aryl methyl sites for hydroxylation is 1. The predicted octanol–water partition coefficient (Wildman–Crippen LogP) is 0.510. The molecular weight excluding hydrogens is 182 g/mol. The molecule has 1 fully saturated rings. The Morgan fingerprint density at radius 1 is 1.57 bits per heavy atom. The molecule has 0 aromatic carbocycles. The first-order valence-corrected chi connectivity index (χ1v) is 5.02. The summed E-state index contributed by atoms with van der Waals surface area (Å²) < 4.78 is 10.5. The van der Waals surface area contributed by atoms with Gasteiger partial charge in [-0.2, -0.15) is 4.98 Å². The molecule has 5 nitrogen and oxygen atoms in total. The molecule has 0 saturated carbocycles. The van der Waals surface area contributed by atoms with Gasteiger partial charge in [0.25, 0.3) is 0 Å². The zero-order chi connectivity index (χ0) is 9.80. The molecule has 1 saturated heterocycles. The first kappa shape index (κ1) is 9.61. The molecule has 1 aromatic heterocycles. The number of hydrogen-bond donors (Lipinski definition) is 1. The van der Waals surface area contributed by atoms with E-state index in [1.165, 1.54) is 0 Å². The summed E-state index contributed by atoms with van der Waals surface area (Å²) in [7, 11) is 0. The molecule has 0 aliphatic carbocycles. The predicted molar refractivity (Wildman–Crippen MR) is 49.7 cm³/mol. The summed E-state index contributed by atoms with van der Waals surface area (Å²) in [5.74, 6) is 1.36. The maximum absolute atomic E-state index is 5.51. The van der Waals surface area contributed by atoms with Gasteiger partial charge in [0, 0.05) is 19.5 Å². The van der Waals surface area contributed by atoms with E-state index in [1.54, 1.807) is 0 Å². The molecule has 1 aliphatic heterocycles. The SMILES string of the molecule is CCCc1nc(COC2CNC2)no1. The molecule has 2 heterocycles. The van der Waals surface area contributed by atoms with Gasteiger partial charge in [-0.1, -0.05) is 12.1 Å². The Kier molecular flexibility index (Phi) is 3.10. The zero-order valence-electron chi connectivity index (χ0n) is 8.32. The van der Waals surface area contributed by atoms with Crippen LogP contribution in [0.15, 0.2) is 4.52 Å². The summed E-state index contributed by atoms with van der Waals surface area (Å²) >= 11 is 0. The minimum atomic E-state index is 0.322. The Hall–Kier alpha value is -0.940. The number of hydrogen-bond acceptors (Lipinski definition) is 5. The number of nitrogens with one attached hydrogen (secondary N) is 1. The summed E-state index contributed by atoms with van der Waals surface area (Å²) in [5.41, 5.74) is 0. The van der Waals surface area contributed by atoms with E-state index in [2.05, 4.69) is 22.4 Å². The third-order valence-electron chi connectivity index (χ3n) is 2.17. The zero-order valence-corrected chi connectivity index (χ0v) is 8.32. The van der Waals surface area contributed by atoms with Crippen molar-refractivity contribution >= 4 is 0 Å². The number of aromatic nitrogens is 2. The van der Waals surface area contributed by atoms with E-state index < -0.39 is 0 Å². The van der Waals surface area contributed by atoms with Gasteiger partial charge in [0.1, 0.15) is 6.61 Å². The summed E-state index contributed by atoms with van der Waals surface area (Å²) in [6.07, 6.45) is 2.19. The molecule has 5 heteroatoms. The number of rotatable bonds is 5. The summed E-state index contributed by atoms with van der Waals surface area (Å²) in [5, 5.41) is 6.97. The first-order valence-electron chi connectivity index (χ1n) is 5.02. The molecule has 0 unspecified atom stereocenters. The minimum Gasteiger partial charge on any atom is -0.367 e. The smallest absolute Gasteiger partial charge is 0.226 e. The molecule has 14 heavy (non-hydrogen) atoms. The first-order chi connectivity index (χ1) is 6.88. The quantitative estimate of drug-likeness (QED) is 0.745.